The van der Waals surface area contributed by atoms with Gasteiger partial charge in [0.15, 0.2) is 5.82 Å². The van der Waals surface area contributed by atoms with Gasteiger partial charge in [0.1, 0.15) is 0 Å². The third-order valence-corrected chi connectivity index (χ3v) is 8.50. The van der Waals surface area contributed by atoms with Gasteiger partial charge in [-0.3, -0.25) is 4.79 Å². The summed E-state index contributed by atoms with van der Waals surface area (Å²) in [4.78, 5) is 48.6. The van der Waals surface area contributed by atoms with Crippen LogP contribution in [0.15, 0.2) is 48.5 Å². The quantitative estimate of drug-likeness (QED) is 0.365. The van der Waals surface area contributed by atoms with Crippen LogP contribution in [0.25, 0.3) is 11.4 Å². The number of urea groups is 1. The first-order valence-electron chi connectivity index (χ1n) is 15.7. The number of morpholine rings is 1. The highest BCUT2D eigenvalue weighted by Gasteiger charge is 2.28. The Morgan fingerprint density at radius 3 is 2.11 bits per heavy atom. The normalized spacial score (nSPS) is 19.0. The first-order chi connectivity index (χ1) is 21.9. The molecule has 1 unspecified atom stereocenters. The van der Waals surface area contributed by atoms with Crippen LogP contribution in [-0.4, -0.2) is 122 Å². The van der Waals surface area contributed by atoms with Crippen LogP contribution < -0.4 is 25.8 Å². The maximum Gasteiger partial charge on any atom is 0.323 e. The molecule has 3 aliphatic rings. The van der Waals surface area contributed by atoms with E-state index in [0.29, 0.717) is 53.9 Å². The van der Waals surface area contributed by atoms with E-state index >= 15 is 0 Å². The van der Waals surface area contributed by atoms with Crippen molar-refractivity contribution in [1.82, 2.24) is 30.1 Å². The molecule has 238 valence electrons. The van der Waals surface area contributed by atoms with E-state index < -0.39 is 0 Å². The van der Waals surface area contributed by atoms with Crippen LogP contribution in [0.1, 0.15) is 23.2 Å². The van der Waals surface area contributed by atoms with Crippen molar-refractivity contribution in [3.05, 3.63) is 54.1 Å². The highest BCUT2D eigenvalue weighted by atomic mass is 16.5. The van der Waals surface area contributed by atoms with Crippen LogP contribution in [0.4, 0.5) is 28.1 Å². The molecule has 3 aromatic rings. The molecule has 0 saturated carbocycles. The van der Waals surface area contributed by atoms with Gasteiger partial charge in [-0.25, -0.2) is 4.79 Å². The Bertz CT molecular complexity index is 1450. The number of ether oxygens (including phenoxy) is 1. The molecule has 3 amide bonds. The molecule has 3 fully saturated rings. The van der Waals surface area contributed by atoms with Crippen LogP contribution in [-0.2, 0) is 4.74 Å². The summed E-state index contributed by atoms with van der Waals surface area (Å²) in [7, 11) is 4.09. The van der Waals surface area contributed by atoms with Gasteiger partial charge in [0.2, 0.25) is 11.9 Å². The fourth-order valence-corrected chi connectivity index (χ4v) is 5.80. The lowest BCUT2D eigenvalue weighted by atomic mass is 10.2. The third kappa shape index (κ3) is 7.67. The number of likely N-dealkylation sites (tertiary alicyclic amines) is 1. The van der Waals surface area contributed by atoms with E-state index in [1.54, 1.807) is 24.3 Å². The van der Waals surface area contributed by atoms with Crippen molar-refractivity contribution in [3.8, 4) is 11.4 Å². The molecule has 1 atom stereocenters. The summed E-state index contributed by atoms with van der Waals surface area (Å²) in [6.07, 6.45) is 2.00. The van der Waals surface area contributed by atoms with Crippen LogP contribution in [0.5, 0.6) is 0 Å². The number of anilines is 4. The molecular formula is C32H42N10O3. The average molecular weight is 615 g/mol. The van der Waals surface area contributed by atoms with E-state index in [1.165, 1.54) is 0 Å². The van der Waals surface area contributed by atoms with E-state index in [2.05, 4.69) is 30.7 Å². The predicted octanol–water partition coefficient (Wildman–Crippen LogP) is 2.60. The number of hydrogen-bond donors (Lipinski definition) is 3. The Labute approximate surface area is 264 Å². The first kappa shape index (κ1) is 30.7. The number of rotatable bonds is 7. The Balaban J connectivity index is 1.10. The van der Waals surface area contributed by atoms with Crippen LogP contribution in [0, 0.1) is 0 Å². The zero-order valence-corrected chi connectivity index (χ0v) is 26.0. The number of benzene rings is 2. The molecule has 3 N–H and O–H groups in total. The number of aromatic nitrogens is 3. The summed E-state index contributed by atoms with van der Waals surface area (Å²) >= 11 is 0. The van der Waals surface area contributed by atoms with Crippen molar-refractivity contribution in [3.63, 3.8) is 0 Å². The lowest BCUT2D eigenvalue weighted by Gasteiger charge is -2.28. The molecule has 2 aromatic carbocycles. The summed E-state index contributed by atoms with van der Waals surface area (Å²) < 4.78 is 5.54. The SMILES string of the molecule is CN(C)C1CCN(C(=O)c2ccc(NC(=O)Nc3ccc(-c4nc(N5CCCNCC5)nc(N5CCOCC5)n4)cc3)cc2)C1. The summed E-state index contributed by atoms with van der Waals surface area (Å²) in [6, 6.07) is 14.5. The number of hydrogen-bond acceptors (Lipinski definition) is 10. The minimum Gasteiger partial charge on any atom is -0.378 e. The van der Waals surface area contributed by atoms with Gasteiger partial charge in [0, 0.05) is 74.4 Å². The van der Waals surface area contributed by atoms with Crippen LogP contribution >= 0.6 is 0 Å². The summed E-state index contributed by atoms with van der Waals surface area (Å²) in [6.45, 7) is 7.81. The number of carbonyl (C=O) groups excluding carboxylic acids is 2. The van der Waals surface area contributed by atoms with Crippen molar-refractivity contribution >= 4 is 35.2 Å². The highest BCUT2D eigenvalue weighted by Crippen LogP contribution is 2.24. The molecule has 4 heterocycles. The molecule has 0 spiro atoms. The number of nitrogens with one attached hydrogen (secondary N) is 3. The molecule has 0 bridgehead atoms. The maximum absolute atomic E-state index is 12.9. The zero-order valence-electron chi connectivity index (χ0n) is 26.0. The molecule has 1 aromatic heterocycles. The van der Waals surface area contributed by atoms with E-state index in [4.69, 9.17) is 19.7 Å². The van der Waals surface area contributed by atoms with Gasteiger partial charge in [0.25, 0.3) is 5.91 Å². The van der Waals surface area contributed by atoms with Crippen molar-refractivity contribution in [2.45, 2.75) is 18.9 Å². The van der Waals surface area contributed by atoms with Gasteiger partial charge in [0.05, 0.1) is 13.2 Å². The van der Waals surface area contributed by atoms with Crippen molar-refractivity contribution in [2.24, 2.45) is 0 Å². The van der Waals surface area contributed by atoms with E-state index in [0.717, 1.165) is 70.8 Å². The van der Waals surface area contributed by atoms with Gasteiger partial charge >= 0.3 is 6.03 Å². The third-order valence-electron chi connectivity index (χ3n) is 8.50. The minimum absolute atomic E-state index is 0.0150. The Hall–Kier alpha value is -4.33. The summed E-state index contributed by atoms with van der Waals surface area (Å²) in [5.74, 6) is 1.94. The monoisotopic (exact) mass is 614 g/mol. The summed E-state index contributed by atoms with van der Waals surface area (Å²) in [5.41, 5.74) is 2.68. The van der Waals surface area contributed by atoms with Gasteiger partial charge in [-0.05, 0) is 82.0 Å². The molecule has 6 rings (SSSR count). The fraction of sp³-hybridized carbons (Fsp3) is 0.469. The molecule has 0 aliphatic carbocycles. The molecule has 3 saturated heterocycles. The fourth-order valence-electron chi connectivity index (χ4n) is 5.80. The number of likely N-dealkylation sites (N-methyl/N-ethyl adjacent to an activating group) is 1. The van der Waals surface area contributed by atoms with E-state index in [-0.39, 0.29) is 11.9 Å². The number of nitrogens with zero attached hydrogens (tertiary/aromatic N) is 7. The van der Waals surface area contributed by atoms with E-state index in [1.807, 2.05) is 43.3 Å². The predicted molar refractivity (Wildman–Crippen MR) is 175 cm³/mol. The van der Waals surface area contributed by atoms with Crippen molar-refractivity contribution in [1.29, 1.82) is 0 Å². The van der Waals surface area contributed by atoms with E-state index in [9.17, 15) is 9.59 Å². The summed E-state index contributed by atoms with van der Waals surface area (Å²) in [5, 5.41) is 9.16. The Morgan fingerprint density at radius 2 is 1.47 bits per heavy atom. The largest absolute Gasteiger partial charge is 0.378 e. The molecule has 0 radical (unpaired) electrons. The molecule has 13 heteroatoms. The molecular weight excluding hydrogens is 572 g/mol. The van der Waals surface area contributed by atoms with Crippen LogP contribution in [0.2, 0.25) is 0 Å². The van der Waals surface area contributed by atoms with Gasteiger partial charge < -0.3 is 40.3 Å². The maximum atomic E-state index is 12.9. The van der Waals surface area contributed by atoms with Crippen molar-refractivity contribution < 1.29 is 14.3 Å². The molecule has 3 aliphatic heterocycles. The topological polar surface area (TPSA) is 131 Å². The van der Waals surface area contributed by atoms with Crippen LogP contribution in [0.3, 0.4) is 0 Å². The van der Waals surface area contributed by atoms with Gasteiger partial charge in [-0.2, -0.15) is 15.0 Å². The second-order valence-corrected chi connectivity index (χ2v) is 11.8. The molecule has 45 heavy (non-hydrogen) atoms. The lowest BCUT2D eigenvalue weighted by molar-refractivity contribution is 0.0783. The number of amides is 3. The smallest absolute Gasteiger partial charge is 0.323 e. The number of carbonyl (C=O) groups is 2. The van der Waals surface area contributed by atoms with Gasteiger partial charge in [-0.1, -0.05) is 0 Å². The standard InChI is InChI=1S/C32H42N10O3/c1-39(2)27-12-16-42(22-27)29(43)24-6-10-26(11-7-24)35-32(44)34-25-8-4-23(5-9-25)28-36-30(40-15-3-13-33-14-17-40)38-31(37-28)41-18-20-45-21-19-41/h4-11,27,33H,3,12-22H2,1-2H3,(H2,34,35,44). The van der Waals surface area contributed by atoms with Gasteiger partial charge in [-0.15, -0.1) is 0 Å². The highest BCUT2D eigenvalue weighted by molar-refractivity contribution is 6.00. The second kappa shape index (κ2) is 14.2. The average Bonchev–Trinajstić information content (AvgIpc) is 3.41. The first-order valence-corrected chi connectivity index (χ1v) is 15.7. The van der Waals surface area contributed by atoms with Crippen molar-refractivity contribution in [2.75, 3.05) is 100 Å². The lowest BCUT2D eigenvalue weighted by Crippen LogP contribution is -2.38. The Kier molecular flexibility index (Phi) is 9.67. The Morgan fingerprint density at radius 1 is 0.822 bits per heavy atom. The molecule has 13 nitrogen and oxygen atoms in total. The second-order valence-electron chi connectivity index (χ2n) is 11.8. The zero-order chi connectivity index (χ0) is 31.2. The minimum atomic E-state index is -0.373.